The summed E-state index contributed by atoms with van der Waals surface area (Å²) in [6.45, 7) is 3.56. The molecule has 0 saturated carbocycles. The van der Waals surface area contributed by atoms with Crippen molar-refractivity contribution in [1.82, 2.24) is 4.98 Å². The maximum Gasteiger partial charge on any atom is 0.308 e. The SMILES string of the molecule is CCCCc1ccc(-c2nc3cc(OC(C)=O)ccc3o2)cc1.[Na]. The quantitative estimate of drug-likeness (QED) is 0.395. The second-order valence-corrected chi connectivity index (χ2v) is 5.54. The van der Waals surface area contributed by atoms with Gasteiger partial charge in [-0.25, -0.2) is 4.98 Å². The number of ether oxygens (including phenoxy) is 1. The summed E-state index contributed by atoms with van der Waals surface area (Å²) in [4.78, 5) is 15.5. The standard InChI is InChI=1S/C19H19NO3.Na/c1-3-4-5-14-6-8-15(9-7-14)19-20-17-12-16(22-13(2)21)10-11-18(17)23-19;/h6-12H,3-5H2,1-2H3;. The Morgan fingerprint density at radius 3 is 2.58 bits per heavy atom. The molecule has 3 rings (SSSR count). The molecule has 0 aliphatic rings. The van der Waals surface area contributed by atoms with E-state index in [4.69, 9.17) is 9.15 Å². The van der Waals surface area contributed by atoms with Gasteiger partial charge < -0.3 is 9.15 Å². The first-order valence-corrected chi connectivity index (χ1v) is 7.84. The van der Waals surface area contributed by atoms with Crippen molar-refractivity contribution in [3.8, 4) is 17.2 Å². The molecular weight excluding hydrogens is 313 g/mol. The van der Waals surface area contributed by atoms with Gasteiger partial charge in [-0.3, -0.25) is 4.79 Å². The Kier molecular flexibility index (Phi) is 6.60. The minimum atomic E-state index is -0.351. The number of aryl methyl sites for hydroxylation is 1. The summed E-state index contributed by atoms with van der Waals surface area (Å²) in [5.74, 6) is 0.692. The van der Waals surface area contributed by atoms with E-state index in [-0.39, 0.29) is 35.5 Å². The Morgan fingerprint density at radius 2 is 1.92 bits per heavy atom. The molecule has 0 saturated heterocycles. The molecule has 2 aromatic carbocycles. The van der Waals surface area contributed by atoms with E-state index in [0.717, 1.165) is 12.0 Å². The Hall–Kier alpha value is -1.62. The van der Waals surface area contributed by atoms with Crippen LogP contribution in [0.25, 0.3) is 22.6 Å². The third-order valence-electron chi connectivity index (χ3n) is 3.64. The van der Waals surface area contributed by atoms with Gasteiger partial charge in [0.05, 0.1) is 0 Å². The summed E-state index contributed by atoms with van der Waals surface area (Å²) >= 11 is 0. The van der Waals surface area contributed by atoms with Crippen molar-refractivity contribution in [1.29, 1.82) is 0 Å². The van der Waals surface area contributed by atoms with E-state index in [9.17, 15) is 4.79 Å². The second-order valence-electron chi connectivity index (χ2n) is 5.54. The molecule has 1 radical (unpaired) electrons. The summed E-state index contributed by atoms with van der Waals surface area (Å²) in [5.41, 5.74) is 3.61. The third kappa shape index (κ3) is 4.47. The molecule has 3 aromatic rings. The number of aromatic nitrogens is 1. The fraction of sp³-hybridized carbons (Fsp3) is 0.263. The molecule has 0 atom stereocenters. The van der Waals surface area contributed by atoms with Crippen LogP contribution in [0.2, 0.25) is 0 Å². The number of carbonyl (C=O) groups excluding carboxylic acids is 1. The largest absolute Gasteiger partial charge is 0.436 e. The predicted molar refractivity (Wildman–Crippen MR) is 95.1 cm³/mol. The Labute approximate surface area is 163 Å². The number of esters is 1. The van der Waals surface area contributed by atoms with Crippen LogP contribution in [0.15, 0.2) is 46.9 Å². The number of benzene rings is 2. The molecule has 0 bridgehead atoms. The number of nitrogens with zero attached hydrogens (tertiary/aromatic N) is 1. The van der Waals surface area contributed by atoms with Crippen molar-refractivity contribution in [3.05, 3.63) is 48.0 Å². The van der Waals surface area contributed by atoms with Crippen molar-refractivity contribution < 1.29 is 13.9 Å². The number of carbonyl (C=O) groups is 1. The smallest absolute Gasteiger partial charge is 0.308 e. The van der Waals surface area contributed by atoms with Gasteiger partial charge >= 0.3 is 5.97 Å². The normalized spacial score (nSPS) is 10.4. The second kappa shape index (κ2) is 8.47. The van der Waals surface area contributed by atoms with E-state index < -0.39 is 0 Å². The Morgan fingerprint density at radius 1 is 1.17 bits per heavy atom. The number of unbranched alkanes of at least 4 members (excludes halogenated alkanes) is 1. The molecule has 4 nitrogen and oxygen atoms in total. The van der Waals surface area contributed by atoms with Gasteiger partial charge in [0.1, 0.15) is 11.3 Å². The third-order valence-corrected chi connectivity index (χ3v) is 3.64. The average molecular weight is 332 g/mol. The average Bonchev–Trinajstić information content (AvgIpc) is 2.96. The molecule has 5 heteroatoms. The van der Waals surface area contributed by atoms with Crippen LogP contribution in [-0.2, 0) is 11.2 Å². The molecule has 0 N–H and O–H groups in total. The van der Waals surface area contributed by atoms with Crippen LogP contribution in [0.5, 0.6) is 5.75 Å². The van der Waals surface area contributed by atoms with Crippen LogP contribution in [-0.4, -0.2) is 40.5 Å². The van der Waals surface area contributed by atoms with Crippen LogP contribution in [0.4, 0.5) is 0 Å². The number of hydrogen-bond acceptors (Lipinski definition) is 4. The number of fused-ring (bicyclic) bond motifs is 1. The van der Waals surface area contributed by atoms with Crippen molar-refractivity contribution in [3.63, 3.8) is 0 Å². The summed E-state index contributed by atoms with van der Waals surface area (Å²) in [6, 6.07) is 13.5. The van der Waals surface area contributed by atoms with Crippen LogP contribution in [0, 0.1) is 0 Å². The number of oxazole rings is 1. The zero-order valence-electron chi connectivity index (χ0n) is 14.3. The van der Waals surface area contributed by atoms with Gasteiger partial charge in [-0.2, -0.15) is 0 Å². The first-order chi connectivity index (χ1) is 11.2. The molecule has 1 heterocycles. The monoisotopic (exact) mass is 332 g/mol. The van der Waals surface area contributed by atoms with Crippen LogP contribution < -0.4 is 4.74 Å². The minimum absolute atomic E-state index is 0. The van der Waals surface area contributed by atoms with Crippen molar-refractivity contribution >= 4 is 46.6 Å². The maximum atomic E-state index is 11.0. The minimum Gasteiger partial charge on any atom is -0.436 e. The van der Waals surface area contributed by atoms with Gasteiger partial charge in [0.15, 0.2) is 5.58 Å². The molecule has 0 spiro atoms. The van der Waals surface area contributed by atoms with Gasteiger partial charge in [0.2, 0.25) is 5.89 Å². The molecule has 0 unspecified atom stereocenters. The van der Waals surface area contributed by atoms with Crippen molar-refractivity contribution in [2.75, 3.05) is 0 Å². The molecule has 119 valence electrons. The molecule has 1 aromatic heterocycles. The van der Waals surface area contributed by atoms with Gasteiger partial charge in [-0.1, -0.05) is 25.5 Å². The number of rotatable bonds is 5. The summed E-state index contributed by atoms with van der Waals surface area (Å²) < 4.78 is 10.9. The Balaban J connectivity index is 0.00000208. The van der Waals surface area contributed by atoms with E-state index in [1.165, 1.54) is 25.3 Å². The van der Waals surface area contributed by atoms with Gasteiger partial charge in [-0.05, 0) is 42.7 Å². The van der Waals surface area contributed by atoms with E-state index in [1.54, 1.807) is 18.2 Å². The van der Waals surface area contributed by atoms with Crippen LogP contribution in [0.3, 0.4) is 0 Å². The molecule has 0 aliphatic carbocycles. The molecule has 0 aliphatic heterocycles. The van der Waals surface area contributed by atoms with Gasteiger partial charge in [-0.15, -0.1) is 0 Å². The topological polar surface area (TPSA) is 52.3 Å². The zero-order valence-corrected chi connectivity index (χ0v) is 16.3. The van der Waals surface area contributed by atoms with E-state index in [1.807, 2.05) is 12.1 Å². The van der Waals surface area contributed by atoms with Gasteiger partial charge in [0, 0.05) is 48.1 Å². The van der Waals surface area contributed by atoms with E-state index in [0.29, 0.717) is 22.7 Å². The fourth-order valence-electron chi connectivity index (χ4n) is 2.46. The molecular formula is C19H19NNaO3. The van der Waals surface area contributed by atoms with Crippen LogP contribution in [0.1, 0.15) is 32.3 Å². The van der Waals surface area contributed by atoms with Crippen molar-refractivity contribution in [2.45, 2.75) is 33.1 Å². The summed E-state index contributed by atoms with van der Waals surface area (Å²) in [5, 5.41) is 0. The first kappa shape index (κ1) is 18.7. The van der Waals surface area contributed by atoms with E-state index in [2.05, 4.69) is 24.0 Å². The summed E-state index contributed by atoms with van der Waals surface area (Å²) in [7, 11) is 0. The van der Waals surface area contributed by atoms with Gasteiger partial charge in [0.25, 0.3) is 0 Å². The molecule has 0 amide bonds. The zero-order chi connectivity index (χ0) is 16.2. The molecule has 0 fully saturated rings. The summed E-state index contributed by atoms with van der Waals surface area (Å²) in [6.07, 6.45) is 3.48. The van der Waals surface area contributed by atoms with E-state index >= 15 is 0 Å². The number of hydrogen-bond donors (Lipinski definition) is 0. The van der Waals surface area contributed by atoms with Crippen LogP contribution >= 0.6 is 0 Å². The first-order valence-electron chi connectivity index (χ1n) is 7.84. The maximum absolute atomic E-state index is 11.0. The predicted octanol–water partition coefficient (Wildman–Crippen LogP) is 4.38. The Bertz CT molecular complexity index is 824. The molecule has 24 heavy (non-hydrogen) atoms. The fourth-order valence-corrected chi connectivity index (χ4v) is 2.46. The van der Waals surface area contributed by atoms with Crippen molar-refractivity contribution in [2.24, 2.45) is 0 Å².